The third-order valence-corrected chi connectivity index (χ3v) is 5.49. The summed E-state index contributed by atoms with van der Waals surface area (Å²) in [6, 6.07) is 3.75. The average molecular weight is 372 g/mol. The fraction of sp³-hybridized carbons (Fsp3) is 0.188. The first-order chi connectivity index (χ1) is 12.2. The molecule has 0 aliphatic carbocycles. The molecule has 1 aromatic carbocycles. The molecule has 4 heterocycles. The van der Waals surface area contributed by atoms with Crippen LogP contribution < -0.4 is 14.8 Å². The van der Waals surface area contributed by atoms with Gasteiger partial charge >= 0.3 is 0 Å². The van der Waals surface area contributed by atoms with Gasteiger partial charge in [0.1, 0.15) is 13.2 Å². The number of fused-ring (bicyclic) bond motifs is 3. The first kappa shape index (κ1) is 14.7. The molecule has 7 nitrogen and oxygen atoms in total. The topological polar surface area (TPSA) is 77.8 Å². The minimum absolute atomic E-state index is 0.137. The van der Waals surface area contributed by atoms with Crippen molar-refractivity contribution in [2.45, 2.75) is 6.42 Å². The Morgan fingerprint density at radius 3 is 2.92 bits per heavy atom. The number of thiazole rings is 2. The van der Waals surface area contributed by atoms with Crippen LogP contribution in [-0.4, -0.2) is 33.5 Å². The largest absolute Gasteiger partial charge is 0.486 e. The summed E-state index contributed by atoms with van der Waals surface area (Å²) in [4.78, 5) is 22.0. The van der Waals surface area contributed by atoms with E-state index in [4.69, 9.17) is 9.47 Å². The summed E-state index contributed by atoms with van der Waals surface area (Å²) < 4.78 is 14.0. The van der Waals surface area contributed by atoms with E-state index in [9.17, 15) is 4.79 Å². The summed E-state index contributed by atoms with van der Waals surface area (Å²) in [5.74, 6) is 1.28. The number of hydrogen-bond acceptors (Lipinski definition) is 7. The van der Waals surface area contributed by atoms with Gasteiger partial charge in [-0.15, -0.1) is 11.3 Å². The highest BCUT2D eigenvalue weighted by Gasteiger charge is 2.16. The second-order valence-electron chi connectivity index (χ2n) is 5.53. The number of nitrogens with zero attached hydrogens (tertiary/aromatic N) is 3. The molecule has 0 radical (unpaired) electrons. The zero-order chi connectivity index (χ0) is 16.8. The van der Waals surface area contributed by atoms with Gasteiger partial charge in [-0.2, -0.15) is 0 Å². The van der Waals surface area contributed by atoms with Gasteiger partial charge < -0.3 is 14.8 Å². The lowest BCUT2D eigenvalue weighted by molar-refractivity contribution is -0.115. The average Bonchev–Trinajstić information content (AvgIpc) is 3.26. The zero-order valence-electron chi connectivity index (χ0n) is 12.9. The third kappa shape index (κ3) is 2.71. The number of benzene rings is 1. The van der Waals surface area contributed by atoms with Crippen LogP contribution in [-0.2, 0) is 11.2 Å². The van der Waals surface area contributed by atoms with Crippen LogP contribution >= 0.6 is 22.7 Å². The minimum atomic E-state index is -0.137. The number of amides is 1. The van der Waals surface area contributed by atoms with Gasteiger partial charge in [0.2, 0.25) is 5.91 Å². The molecule has 5 rings (SSSR count). The second kappa shape index (κ2) is 5.71. The van der Waals surface area contributed by atoms with Gasteiger partial charge in [0.15, 0.2) is 21.6 Å². The van der Waals surface area contributed by atoms with Crippen LogP contribution in [0.25, 0.3) is 15.2 Å². The van der Waals surface area contributed by atoms with E-state index in [1.165, 1.54) is 11.3 Å². The van der Waals surface area contributed by atoms with Crippen molar-refractivity contribution in [2.24, 2.45) is 0 Å². The highest BCUT2D eigenvalue weighted by atomic mass is 32.1. The number of aromatic nitrogens is 3. The highest BCUT2D eigenvalue weighted by molar-refractivity contribution is 7.22. The van der Waals surface area contributed by atoms with Crippen LogP contribution in [0.2, 0.25) is 0 Å². The molecule has 0 atom stereocenters. The quantitative estimate of drug-likeness (QED) is 0.598. The number of anilines is 1. The van der Waals surface area contributed by atoms with Gasteiger partial charge in [0, 0.05) is 29.9 Å². The number of imidazole rings is 1. The molecule has 0 fully saturated rings. The maximum atomic E-state index is 12.3. The second-order valence-corrected chi connectivity index (χ2v) is 7.44. The lowest BCUT2D eigenvalue weighted by atomic mass is 10.3. The molecule has 0 bridgehead atoms. The first-order valence-corrected chi connectivity index (χ1v) is 9.35. The van der Waals surface area contributed by atoms with Crippen LogP contribution in [0.15, 0.2) is 29.9 Å². The van der Waals surface area contributed by atoms with Crippen LogP contribution in [0, 0.1) is 0 Å². The van der Waals surface area contributed by atoms with E-state index in [1.807, 2.05) is 34.3 Å². The molecule has 1 aliphatic rings. The monoisotopic (exact) mass is 372 g/mol. The molecule has 25 heavy (non-hydrogen) atoms. The standard InChI is InChI=1S/C16H12N4O3S2/c21-14(5-9-8-20-1-4-24-16(20)17-9)19-15-18-10-6-11-12(7-13(10)25-15)23-3-2-22-11/h1,4,6-8H,2-3,5H2,(H,18,19,21). The molecular formula is C16H12N4O3S2. The first-order valence-electron chi connectivity index (χ1n) is 7.66. The Morgan fingerprint density at radius 2 is 2.08 bits per heavy atom. The van der Waals surface area contributed by atoms with Crippen molar-refractivity contribution >= 4 is 48.9 Å². The van der Waals surface area contributed by atoms with Crippen LogP contribution in [0.5, 0.6) is 11.5 Å². The van der Waals surface area contributed by atoms with E-state index in [2.05, 4.69) is 15.3 Å². The Morgan fingerprint density at radius 1 is 1.24 bits per heavy atom. The Hall–Kier alpha value is -2.65. The summed E-state index contributed by atoms with van der Waals surface area (Å²) in [5.41, 5.74) is 1.52. The van der Waals surface area contributed by atoms with E-state index in [0.29, 0.717) is 24.1 Å². The molecule has 0 unspecified atom stereocenters. The molecule has 0 spiro atoms. The molecule has 1 aliphatic heterocycles. The van der Waals surface area contributed by atoms with Crippen LogP contribution in [0.1, 0.15) is 5.69 Å². The minimum Gasteiger partial charge on any atom is -0.486 e. The van der Waals surface area contributed by atoms with Crippen LogP contribution in [0.4, 0.5) is 5.13 Å². The summed E-state index contributed by atoms with van der Waals surface area (Å²) >= 11 is 2.95. The van der Waals surface area contributed by atoms with E-state index in [-0.39, 0.29) is 12.3 Å². The molecule has 3 aromatic heterocycles. The lowest BCUT2D eigenvalue weighted by Crippen LogP contribution is -2.15. The molecule has 126 valence electrons. The SMILES string of the molecule is O=C(Cc1cn2ccsc2n1)Nc1nc2cc3c(cc2s1)OCCO3. The smallest absolute Gasteiger partial charge is 0.232 e. The van der Waals surface area contributed by atoms with Gasteiger partial charge in [-0.3, -0.25) is 9.20 Å². The van der Waals surface area contributed by atoms with Crippen molar-refractivity contribution in [1.29, 1.82) is 0 Å². The molecule has 4 aromatic rings. The van der Waals surface area contributed by atoms with E-state index < -0.39 is 0 Å². The maximum absolute atomic E-state index is 12.3. The van der Waals surface area contributed by atoms with Crippen molar-refractivity contribution in [3.05, 3.63) is 35.6 Å². The number of ether oxygens (including phenoxy) is 2. The number of rotatable bonds is 3. The normalized spacial score (nSPS) is 13.4. The molecular weight excluding hydrogens is 360 g/mol. The number of hydrogen-bond donors (Lipinski definition) is 1. The zero-order valence-corrected chi connectivity index (χ0v) is 14.5. The van der Waals surface area contributed by atoms with Crippen LogP contribution in [0.3, 0.4) is 0 Å². The van der Waals surface area contributed by atoms with E-state index in [0.717, 1.165) is 26.6 Å². The third-order valence-electron chi connectivity index (χ3n) is 3.78. The van der Waals surface area contributed by atoms with E-state index in [1.54, 1.807) is 11.3 Å². The van der Waals surface area contributed by atoms with Gasteiger partial charge in [0.25, 0.3) is 0 Å². The number of carbonyl (C=O) groups is 1. The van der Waals surface area contributed by atoms with E-state index >= 15 is 0 Å². The molecule has 0 saturated carbocycles. The fourth-order valence-electron chi connectivity index (χ4n) is 2.71. The van der Waals surface area contributed by atoms with Crippen molar-refractivity contribution in [3.63, 3.8) is 0 Å². The maximum Gasteiger partial charge on any atom is 0.232 e. The summed E-state index contributed by atoms with van der Waals surface area (Å²) in [5, 5.41) is 5.37. The Bertz CT molecular complexity index is 1030. The Balaban J connectivity index is 1.35. The molecule has 1 N–H and O–H groups in total. The predicted octanol–water partition coefficient (Wildman–Crippen LogP) is 2.96. The van der Waals surface area contributed by atoms with Crippen molar-refractivity contribution in [2.75, 3.05) is 18.5 Å². The lowest BCUT2D eigenvalue weighted by Gasteiger charge is -2.17. The predicted molar refractivity (Wildman–Crippen MR) is 96.0 cm³/mol. The summed E-state index contributed by atoms with van der Waals surface area (Å²) in [6.45, 7) is 1.08. The highest BCUT2D eigenvalue weighted by Crippen LogP contribution is 2.37. The Labute approximate surface area is 149 Å². The molecule has 0 saturated heterocycles. The van der Waals surface area contributed by atoms with Crippen molar-refractivity contribution in [1.82, 2.24) is 14.4 Å². The van der Waals surface area contributed by atoms with Gasteiger partial charge in [-0.1, -0.05) is 11.3 Å². The van der Waals surface area contributed by atoms with Gasteiger partial charge in [-0.05, 0) is 0 Å². The van der Waals surface area contributed by atoms with Crippen molar-refractivity contribution in [3.8, 4) is 11.5 Å². The Kier molecular flexibility index (Phi) is 3.35. The van der Waals surface area contributed by atoms with Gasteiger partial charge in [0.05, 0.1) is 22.3 Å². The summed E-state index contributed by atoms with van der Waals surface area (Å²) in [6.07, 6.45) is 4.01. The summed E-state index contributed by atoms with van der Waals surface area (Å²) in [7, 11) is 0. The number of carbonyl (C=O) groups excluding carboxylic acids is 1. The number of nitrogens with one attached hydrogen (secondary N) is 1. The van der Waals surface area contributed by atoms with Gasteiger partial charge in [-0.25, -0.2) is 9.97 Å². The van der Waals surface area contributed by atoms with Crippen molar-refractivity contribution < 1.29 is 14.3 Å². The molecule has 1 amide bonds. The molecule has 9 heteroatoms. The fourth-order valence-corrected chi connectivity index (χ4v) is 4.32.